The molecule has 0 atom stereocenters. The Morgan fingerprint density at radius 1 is 1.71 bits per heavy atom. The number of pyridine rings is 1. The van der Waals surface area contributed by atoms with Gasteiger partial charge in [-0.2, -0.15) is 0 Å². The number of nitrogens with one attached hydrogen (secondary N) is 1. The number of hydrogen-bond donors (Lipinski definition) is 1. The van der Waals surface area contributed by atoms with Crippen LogP contribution >= 0.6 is 12.2 Å². The van der Waals surface area contributed by atoms with E-state index in [1.54, 1.807) is 12.3 Å². The van der Waals surface area contributed by atoms with Crippen molar-refractivity contribution < 1.29 is 0 Å². The van der Waals surface area contributed by atoms with E-state index < -0.39 is 0 Å². The minimum atomic E-state index is 0.818. The first-order chi connectivity index (χ1) is 3.39. The van der Waals surface area contributed by atoms with Crippen LogP contribution in [-0.4, -0.2) is 4.98 Å². The Balaban J connectivity index is 3.28. The Morgan fingerprint density at radius 2 is 2.57 bits per heavy atom. The van der Waals surface area contributed by atoms with E-state index in [4.69, 9.17) is 12.2 Å². The van der Waals surface area contributed by atoms with Crippen LogP contribution in [0.4, 0.5) is 0 Å². The van der Waals surface area contributed by atoms with Crippen molar-refractivity contribution in [3.8, 4) is 0 Å². The lowest BCUT2D eigenvalue weighted by Crippen LogP contribution is -1.63. The zero-order valence-corrected chi connectivity index (χ0v) is 4.46. The van der Waals surface area contributed by atoms with Crippen LogP contribution in [0.5, 0.6) is 0 Å². The van der Waals surface area contributed by atoms with Crippen molar-refractivity contribution in [2.75, 3.05) is 0 Å². The minimum Gasteiger partial charge on any atom is -0.360 e. The molecular formula is C5H4NS. The third-order valence-electron chi connectivity index (χ3n) is 0.629. The molecular weight excluding hydrogens is 106 g/mol. The summed E-state index contributed by atoms with van der Waals surface area (Å²) in [5, 5.41) is 0. The number of hydrogen-bond acceptors (Lipinski definition) is 1. The van der Waals surface area contributed by atoms with Gasteiger partial charge in [-0.15, -0.1) is 0 Å². The second kappa shape index (κ2) is 1.89. The van der Waals surface area contributed by atoms with E-state index in [2.05, 4.69) is 11.2 Å². The van der Waals surface area contributed by atoms with E-state index in [9.17, 15) is 0 Å². The number of aromatic amines is 1. The normalized spacial score (nSPS) is 8.57. The average Bonchev–Trinajstić information content (AvgIpc) is 1.69. The molecule has 1 rings (SSSR count). The van der Waals surface area contributed by atoms with Crippen molar-refractivity contribution in [2.45, 2.75) is 0 Å². The van der Waals surface area contributed by atoms with E-state index >= 15 is 0 Å². The van der Waals surface area contributed by atoms with Gasteiger partial charge in [0.25, 0.3) is 0 Å². The van der Waals surface area contributed by atoms with E-state index in [0.29, 0.717) is 0 Å². The van der Waals surface area contributed by atoms with Crippen LogP contribution in [0.1, 0.15) is 0 Å². The fourth-order valence-corrected chi connectivity index (χ4v) is 0.460. The molecule has 2 heteroatoms. The molecule has 1 N–H and O–H groups in total. The summed E-state index contributed by atoms with van der Waals surface area (Å²) in [5.74, 6) is 0. The summed E-state index contributed by atoms with van der Waals surface area (Å²) in [7, 11) is 0. The van der Waals surface area contributed by atoms with Gasteiger partial charge < -0.3 is 4.98 Å². The summed E-state index contributed by atoms with van der Waals surface area (Å²) in [6.45, 7) is 0. The van der Waals surface area contributed by atoms with Crippen LogP contribution in [0.2, 0.25) is 0 Å². The highest BCUT2D eigenvalue weighted by Crippen LogP contribution is 1.81. The van der Waals surface area contributed by atoms with Gasteiger partial charge in [-0.05, 0) is 12.1 Å². The molecule has 1 heterocycles. The molecule has 0 unspecified atom stereocenters. The zero-order valence-electron chi connectivity index (χ0n) is 3.64. The van der Waals surface area contributed by atoms with E-state index in [1.165, 1.54) is 0 Å². The van der Waals surface area contributed by atoms with E-state index in [0.717, 1.165) is 4.51 Å². The lowest BCUT2D eigenvalue weighted by molar-refractivity contribution is 1.31. The van der Waals surface area contributed by atoms with Gasteiger partial charge in [0.05, 0.1) is 6.20 Å². The molecule has 1 nitrogen and oxygen atoms in total. The Labute approximate surface area is 47.0 Å². The zero-order chi connectivity index (χ0) is 5.11. The fourth-order valence-electron chi connectivity index (χ4n) is 0.333. The summed E-state index contributed by atoms with van der Waals surface area (Å²) in [4.78, 5) is 2.74. The molecule has 35 valence electrons. The Morgan fingerprint density at radius 3 is 2.86 bits per heavy atom. The highest BCUT2D eigenvalue weighted by atomic mass is 32.1. The first-order valence-corrected chi connectivity index (χ1v) is 2.35. The molecule has 0 aliphatic carbocycles. The van der Waals surface area contributed by atoms with Gasteiger partial charge in [0.15, 0.2) is 0 Å². The molecule has 0 fully saturated rings. The van der Waals surface area contributed by atoms with Crippen LogP contribution in [0.15, 0.2) is 18.3 Å². The topological polar surface area (TPSA) is 15.8 Å². The standard InChI is InChI=1S/C5H4NS/c7-5-1-3-6-4-2-5/h1-3H,(H,6,7). The molecule has 0 amide bonds. The Hall–Kier alpha value is -0.630. The maximum Gasteiger partial charge on any atom is 0.0633 e. The largest absolute Gasteiger partial charge is 0.360 e. The van der Waals surface area contributed by atoms with Crippen molar-refractivity contribution in [3.63, 3.8) is 0 Å². The van der Waals surface area contributed by atoms with Gasteiger partial charge in [0.1, 0.15) is 0 Å². The molecule has 1 aromatic heterocycles. The summed E-state index contributed by atoms with van der Waals surface area (Å²) in [6.07, 6.45) is 4.48. The van der Waals surface area contributed by atoms with Crippen LogP contribution in [0.25, 0.3) is 0 Å². The maximum absolute atomic E-state index is 4.76. The van der Waals surface area contributed by atoms with Crippen molar-refractivity contribution in [1.29, 1.82) is 0 Å². The van der Waals surface area contributed by atoms with Gasteiger partial charge in [-0.3, -0.25) is 0 Å². The predicted octanol–water partition coefficient (Wildman–Crippen LogP) is 1.54. The third-order valence-corrected chi connectivity index (χ3v) is 0.883. The number of H-pyrrole nitrogens is 1. The SMILES string of the molecule is S=c1c[c][nH]cc1. The van der Waals surface area contributed by atoms with Crippen molar-refractivity contribution in [3.05, 3.63) is 29.0 Å². The molecule has 0 spiro atoms. The lowest BCUT2D eigenvalue weighted by Gasteiger charge is -1.74. The maximum atomic E-state index is 4.76. The van der Waals surface area contributed by atoms with E-state index in [-0.39, 0.29) is 0 Å². The summed E-state index contributed by atoms with van der Waals surface area (Å²) >= 11 is 4.76. The van der Waals surface area contributed by atoms with Crippen molar-refractivity contribution >= 4 is 12.2 Å². The molecule has 0 saturated heterocycles. The van der Waals surface area contributed by atoms with Gasteiger partial charge in [0, 0.05) is 10.7 Å². The quantitative estimate of drug-likeness (QED) is 0.501. The van der Waals surface area contributed by atoms with Crippen LogP contribution < -0.4 is 0 Å². The summed E-state index contributed by atoms with van der Waals surface area (Å²) in [6, 6.07) is 3.53. The van der Waals surface area contributed by atoms with Crippen LogP contribution in [0.3, 0.4) is 0 Å². The lowest BCUT2D eigenvalue weighted by atomic mass is 10.5. The molecule has 0 bridgehead atoms. The predicted molar refractivity (Wildman–Crippen MR) is 30.5 cm³/mol. The number of rotatable bonds is 0. The second-order valence-electron chi connectivity index (χ2n) is 1.17. The van der Waals surface area contributed by atoms with Gasteiger partial charge in [0.2, 0.25) is 0 Å². The average molecular weight is 110 g/mol. The molecule has 1 radical (unpaired) electrons. The third kappa shape index (κ3) is 1.12. The molecule has 0 aromatic carbocycles. The first kappa shape index (κ1) is 4.53. The summed E-state index contributed by atoms with van der Waals surface area (Å²) in [5.41, 5.74) is 0. The monoisotopic (exact) mass is 110 g/mol. The number of aromatic nitrogens is 1. The van der Waals surface area contributed by atoms with E-state index in [1.807, 2.05) is 6.07 Å². The van der Waals surface area contributed by atoms with Crippen molar-refractivity contribution in [2.24, 2.45) is 0 Å². The second-order valence-corrected chi connectivity index (χ2v) is 1.64. The van der Waals surface area contributed by atoms with Crippen LogP contribution in [0, 0.1) is 10.7 Å². The molecule has 7 heavy (non-hydrogen) atoms. The molecule has 0 aliphatic heterocycles. The minimum absolute atomic E-state index is 0.818. The van der Waals surface area contributed by atoms with Gasteiger partial charge in [-0.25, -0.2) is 0 Å². The van der Waals surface area contributed by atoms with Crippen molar-refractivity contribution in [1.82, 2.24) is 4.98 Å². The Kier molecular flexibility index (Phi) is 1.22. The molecule has 0 aliphatic rings. The first-order valence-electron chi connectivity index (χ1n) is 1.94. The Bertz CT molecular complexity index is 174. The highest BCUT2D eigenvalue weighted by molar-refractivity contribution is 7.71. The molecule has 1 aromatic rings. The van der Waals surface area contributed by atoms with Gasteiger partial charge >= 0.3 is 0 Å². The van der Waals surface area contributed by atoms with Gasteiger partial charge in [-0.1, -0.05) is 12.2 Å². The highest BCUT2D eigenvalue weighted by Gasteiger charge is 1.67. The smallest absolute Gasteiger partial charge is 0.0633 e. The van der Waals surface area contributed by atoms with Crippen LogP contribution in [-0.2, 0) is 0 Å². The fraction of sp³-hybridized carbons (Fsp3) is 0. The molecule has 0 saturated carbocycles. The summed E-state index contributed by atoms with van der Waals surface area (Å²) < 4.78 is 0.818.